The zero-order valence-corrected chi connectivity index (χ0v) is 18.9. The highest BCUT2D eigenvalue weighted by Gasteiger charge is 2.51. The van der Waals surface area contributed by atoms with Gasteiger partial charge in [-0.05, 0) is 37.4 Å². The molecule has 0 spiro atoms. The van der Waals surface area contributed by atoms with Crippen molar-refractivity contribution in [3.8, 4) is 0 Å². The number of carbonyl (C=O) groups is 2. The van der Waals surface area contributed by atoms with Crippen molar-refractivity contribution >= 4 is 34.8 Å². The summed E-state index contributed by atoms with van der Waals surface area (Å²) in [6.45, 7) is 4.18. The maximum atomic E-state index is 13.6. The van der Waals surface area contributed by atoms with Crippen LogP contribution >= 0.6 is 11.6 Å². The lowest BCUT2D eigenvalue weighted by Crippen LogP contribution is -2.59. The first kappa shape index (κ1) is 21.2. The highest BCUT2D eigenvalue weighted by Crippen LogP contribution is 2.32. The van der Waals surface area contributed by atoms with E-state index in [-0.39, 0.29) is 29.7 Å². The lowest BCUT2D eigenvalue weighted by Gasteiger charge is -2.42. The number of hydrogen-bond donors (Lipinski definition) is 1. The molecule has 8 heteroatoms. The maximum Gasteiger partial charge on any atom is 0.247 e. The predicted molar refractivity (Wildman–Crippen MR) is 126 cm³/mol. The molecule has 0 bridgehead atoms. The van der Waals surface area contributed by atoms with Gasteiger partial charge in [0, 0.05) is 50.0 Å². The molecule has 1 N–H and O–H groups in total. The Kier molecular flexibility index (Phi) is 5.80. The Morgan fingerprint density at radius 2 is 1.69 bits per heavy atom. The second-order valence-corrected chi connectivity index (χ2v) is 9.33. The summed E-state index contributed by atoms with van der Waals surface area (Å²) in [6, 6.07) is 17.3. The van der Waals surface area contributed by atoms with E-state index in [1.54, 1.807) is 5.01 Å². The van der Waals surface area contributed by atoms with Gasteiger partial charge in [0.25, 0.3) is 0 Å². The summed E-state index contributed by atoms with van der Waals surface area (Å²) in [5, 5.41) is 2.35. The van der Waals surface area contributed by atoms with Gasteiger partial charge in [-0.25, -0.2) is 10.4 Å². The number of para-hydroxylation sites is 1. The number of anilines is 2. The molecule has 3 atom stereocenters. The summed E-state index contributed by atoms with van der Waals surface area (Å²) in [5.41, 5.74) is 5.28. The van der Waals surface area contributed by atoms with E-state index in [0.29, 0.717) is 26.2 Å². The van der Waals surface area contributed by atoms with E-state index in [1.807, 2.05) is 60.5 Å². The van der Waals surface area contributed by atoms with E-state index >= 15 is 0 Å². The number of amides is 2. The van der Waals surface area contributed by atoms with E-state index in [0.717, 1.165) is 29.5 Å². The third-order valence-corrected chi connectivity index (χ3v) is 7.03. The Hall–Kier alpha value is -2.61. The number of piperazine rings is 1. The lowest BCUT2D eigenvalue weighted by molar-refractivity contribution is -0.139. The molecule has 0 aromatic heterocycles. The van der Waals surface area contributed by atoms with Gasteiger partial charge in [-0.1, -0.05) is 35.9 Å². The molecule has 3 aliphatic heterocycles. The van der Waals surface area contributed by atoms with Gasteiger partial charge in [0.15, 0.2) is 0 Å². The standard InChI is InChI=1S/C24H28ClN5O2/c1-27-15-20(22-21(16-27)24(32)30(26-22)18-7-3-2-4-8-18)23(31)29-12-10-28(11-13-29)19-9-5-6-17(25)14-19/h2-9,14,20-22,26H,10-13,15-16H2,1H3. The smallest absolute Gasteiger partial charge is 0.247 e. The maximum absolute atomic E-state index is 13.6. The van der Waals surface area contributed by atoms with Crippen molar-refractivity contribution in [2.75, 3.05) is 56.2 Å². The quantitative estimate of drug-likeness (QED) is 0.771. The lowest BCUT2D eigenvalue weighted by atomic mass is 9.84. The molecule has 5 rings (SSSR count). The number of halogens is 1. The monoisotopic (exact) mass is 453 g/mol. The van der Waals surface area contributed by atoms with E-state index in [9.17, 15) is 9.59 Å². The first-order valence-electron chi connectivity index (χ1n) is 11.1. The van der Waals surface area contributed by atoms with Crippen LogP contribution in [-0.2, 0) is 9.59 Å². The van der Waals surface area contributed by atoms with Crippen LogP contribution in [-0.4, -0.2) is 74.0 Å². The minimum absolute atomic E-state index is 0.0383. The fourth-order valence-electron chi connectivity index (χ4n) is 5.15. The van der Waals surface area contributed by atoms with Gasteiger partial charge in [-0.2, -0.15) is 0 Å². The molecule has 0 aliphatic carbocycles. The molecule has 168 valence electrons. The molecule has 2 aromatic carbocycles. The number of fused-ring (bicyclic) bond motifs is 1. The molecular formula is C24H28ClN5O2. The SMILES string of the molecule is CN1CC(C(=O)N2CCN(c3cccc(Cl)c3)CC2)C2NN(c3ccccc3)C(=O)C2C1. The van der Waals surface area contributed by atoms with Gasteiger partial charge in [-0.3, -0.25) is 9.59 Å². The topological polar surface area (TPSA) is 59.1 Å². The second-order valence-electron chi connectivity index (χ2n) is 8.89. The number of hydrogen-bond acceptors (Lipinski definition) is 5. The van der Waals surface area contributed by atoms with Crippen LogP contribution in [0.15, 0.2) is 54.6 Å². The number of hydrazine groups is 1. The average molecular weight is 454 g/mol. The number of piperidine rings is 1. The Balaban J connectivity index is 1.29. The van der Waals surface area contributed by atoms with Gasteiger partial charge in [0.1, 0.15) is 0 Å². The summed E-state index contributed by atoms with van der Waals surface area (Å²) >= 11 is 6.14. The Morgan fingerprint density at radius 1 is 0.969 bits per heavy atom. The van der Waals surface area contributed by atoms with Gasteiger partial charge in [0.2, 0.25) is 11.8 Å². The second kappa shape index (κ2) is 8.73. The van der Waals surface area contributed by atoms with Crippen LogP contribution in [0.5, 0.6) is 0 Å². The van der Waals surface area contributed by atoms with Crippen LogP contribution in [0.2, 0.25) is 5.02 Å². The number of nitrogens with zero attached hydrogens (tertiary/aromatic N) is 4. The summed E-state index contributed by atoms with van der Waals surface area (Å²) in [7, 11) is 1.99. The molecule has 2 aromatic rings. The van der Waals surface area contributed by atoms with Crippen LogP contribution in [0.4, 0.5) is 11.4 Å². The molecule has 3 aliphatic rings. The summed E-state index contributed by atoms with van der Waals surface area (Å²) in [6.07, 6.45) is 0. The molecule has 2 amide bonds. The minimum atomic E-state index is -0.255. The van der Waals surface area contributed by atoms with Gasteiger partial charge in [-0.15, -0.1) is 0 Å². The van der Waals surface area contributed by atoms with Crippen LogP contribution < -0.4 is 15.3 Å². The number of carbonyl (C=O) groups excluding carboxylic acids is 2. The predicted octanol–water partition coefficient (Wildman–Crippen LogP) is 2.09. The van der Waals surface area contributed by atoms with Crippen molar-refractivity contribution in [1.29, 1.82) is 0 Å². The Bertz CT molecular complexity index is 995. The van der Waals surface area contributed by atoms with Crippen LogP contribution in [0.25, 0.3) is 0 Å². The number of benzene rings is 2. The molecule has 32 heavy (non-hydrogen) atoms. The number of rotatable bonds is 3. The third kappa shape index (κ3) is 3.96. The van der Waals surface area contributed by atoms with Crippen LogP contribution in [0, 0.1) is 11.8 Å². The summed E-state index contributed by atoms with van der Waals surface area (Å²) < 4.78 is 0. The normalized spacial score (nSPS) is 26.4. The Labute approximate surface area is 193 Å². The van der Waals surface area contributed by atoms with Crippen molar-refractivity contribution < 1.29 is 9.59 Å². The zero-order chi connectivity index (χ0) is 22.2. The zero-order valence-electron chi connectivity index (χ0n) is 18.2. The highest BCUT2D eigenvalue weighted by atomic mass is 35.5. The first-order chi connectivity index (χ1) is 15.5. The third-order valence-electron chi connectivity index (χ3n) is 6.80. The summed E-state index contributed by atoms with van der Waals surface area (Å²) in [4.78, 5) is 33.1. The minimum Gasteiger partial charge on any atom is -0.368 e. The first-order valence-corrected chi connectivity index (χ1v) is 11.5. The number of likely N-dealkylation sites (tertiary alicyclic amines) is 1. The van der Waals surface area contributed by atoms with E-state index < -0.39 is 0 Å². The van der Waals surface area contributed by atoms with Crippen molar-refractivity contribution in [2.24, 2.45) is 11.8 Å². The number of nitrogens with one attached hydrogen (secondary N) is 1. The van der Waals surface area contributed by atoms with E-state index in [4.69, 9.17) is 11.6 Å². The van der Waals surface area contributed by atoms with E-state index in [2.05, 4.69) is 21.3 Å². The molecule has 0 radical (unpaired) electrons. The van der Waals surface area contributed by atoms with E-state index in [1.165, 1.54) is 0 Å². The van der Waals surface area contributed by atoms with Crippen LogP contribution in [0.1, 0.15) is 0 Å². The van der Waals surface area contributed by atoms with Crippen LogP contribution in [0.3, 0.4) is 0 Å². The fourth-order valence-corrected chi connectivity index (χ4v) is 5.33. The molecule has 3 fully saturated rings. The highest BCUT2D eigenvalue weighted by molar-refractivity contribution is 6.30. The van der Waals surface area contributed by atoms with Crippen molar-refractivity contribution in [1.82, 2.24) is 15.2 Å². The fraction of sp³-hybridized carbons (Fsp3) is 0.417. The Morgan fingerprint density at radius 3 is 2.41 bits per heavy atom. The summed E-state index contributed by atoms with van der Waals surface area (Å²) in [5.74, 6) is -0.311. The molecule has 0 saturated carbocycles. The molecule has 3 unspecified atom stereocenters. The largest absolute Gasteiger partial charge is 0.368 e. The molecular weight excluding hydrogens is 426 g/mol. The van der Waals surface area contributed by atoms with Crippen molar-refractivity contribution in [2.45, 2.75) is 6.04 Å². The van der Waals surface area contributed by atoms with Gasteiger partial charge < -0.3 is 14.7 Å². The molecule has 7 nitrogen and oxygen atoms in total. The van der Waals surface area contributed by atoms with Gasteiger partial charge in [0.05, 0.1) is 23.6 Å². The molecule has 3 saturated heterocycles. The average Bonchev–Trinajstić information content (AvgIpc) is 3.15. The molecule has 3 heterocycles. The van der Waals surface area contributed by atoms with Crippen molar-refractivity contribution in [3.63, 3.8) is 0 Å². The van der Waals surface area contributed by atoms with Crippen molar-refractivity contribution in [3.05, 3.63) is 59.6 Å². The van der Waals surface area contributed by atoms with Gasteiger partial charge >= 0.3 is 0 Å².